The lowest BCUT2D eigenvalue weighted by atomic mass is 10.0. The summed E-state index contributed by atoms with van der Waals surface area (Å²) in [6.07, 6.45) is 4.52. The zero-order valence-corrected chi connectivity index (χ0v) is 10.5. The van der Waals surface area contributed by atoms with Crippen molar-refractivity contribution >= 4 is 21.7 Å². The van der Waals surface area contributed by atoms with Gasteiger partial charge in [-0.05, 0) is 49.3 Å². The molecule has 1 unspecified atom stereocenters. The van der Waals surface area contributed by atoms with Crippen molar-refractivity contribution in [1.82, 2.24) is 0 Å². The van der Waals surface area contributed by atoms with Gasteiger partial charge in [0.25, 0.3) is 0 Å². The monoisotopic (exact) mass is 266 g/mol. The normalized spacial score (nSPS) is 16.1. The molecule has 0 heterocycles. The van der Waals surface area contributed by atoms with Gasteiger partial charge in [0.15, 0.2) is 0 Å². The average Bonchev–Trinajstić information content (AvgIpc) is 2.64. The summed E-state index contributed by atoms with van der Waals surface area (Å²) in [7, 11) is 0. The smallest absolute Gasteiger partial charge is 0.143 e. The van der Waals surface area contributed by atoms with Gasteiger partial charge in [-0.1, -0.05) is 34.1 Å². The maximum Gasteiger partial charge on any atom is 0.143 e. The molecule has 0 spiro atoms. The molecule has 0 bridgehead atoms. The Bertz CT molecular complexity index is 384. The molecule has 15 heavy (non-hydrogen) atoms. The van der Waals surface area contributed by atoms with E-state index in [1.165, 1.54) is 36.0 Å². The highest BCUT2D eigenvalue weighted by atomic mass is 79.9. The van der Waals surface area contributed by atoms with E-state index in [0.717, 1.165) is 6.42 Å². The fraction of sp³-hybridized carbons (Fsp3) is 0.462. The number of carbonyl (C=O) groups is 1. The number of ketones is 1. The summed E-state index contributed by atoms with van der Waals surface area (Å²) in [6.45, 7) is 1.63. The van der Waals surface area contributed by atoms with Gasteiger partial charge in [-0.3, -0.25) is 4.79 Å². The van der Waals surface area contributed by atoms with Crippen molar-refractivity contribution < 1.29 is 4.79 Å². The number of alkyl halides is 1. The van der Waals surface area contributed by atoms with Crippen molar-refractivity contribution in [2.75, 3.05) is 0 Å². The van der Waals surface area contributed by atoms with Gasteiger partial charge in [0.2, 0.25) is 0 Å². The maximum atomic E-state index is 11.1. The molecule has 1 aliphatic carbocycles. The molecule has 1 aromatic carbocycles. The minimum atomic E-state index is -0.0306. The Hall–Kier alpha value is -0.630. The maximum absolute atomic E-state index is 11.1. The molecular weight excluding hydrogens is 252 g/mol. The predicted molar refractivity (Wildman–Crippen MR) is 65.6 cm³/mol. The van der Waals surface area contributed by atoms with Gasteiger partial charge in [-0.2, -0.15) is 0 Å². The molecule has 2 rings (SSSR count). The minimum absolute atomic E-state index is 0.0306. The second-order valence-corrected chi connectivity index (χ2v) is 5.34. The summed E-state index contributed by atoms with van der Waals surface area (Å²) >= 11 is 3.41. The lowest BCUT2D eigenvalue weighted by molar-refractivity contribution is -0.116. The van der Waals surface area contributed by atoms with E-state index in [1.807, 2.05) is 0 Å². The fourth-order valence-corrected chi connectivity index (χ4v) is 2.48. The lowest BCUT2D eigenvalue weighted by Gasteiger charge is -2.07. The Balaban J connectivity index is 2.13. The van der Waals surface area contributed by atoms with Gasteiger partial charge >= 0.3 is 0 Å². The van der Waals surface area contributed by atoms with Gasteiger partial charge in [0.1, 0.15) is 5.78 Å². The Labute approximate surface area is 99.0 Å². The Morgan fingerprint density at radius 1 is 1.40 bits per heavy atom. The second kappa shape index (κ2) is 4.48. The van der Waals surface area contributed by atoms with Crippen LogP contribution in [0.1, 0.15) is 30.0 Å². The quantitative estimate of drug-likeness (QED) is 0.769. The SMILES string of the molecule is CC(=O)C(Br)Cc1ccc2c(c1)CCC2. The summed E-state index contributed by atoms with van der Waals surface area (Å²) in [6, 6.07) is 6.64. The van der Waals surface area contributed by atoms with Crippen LogP contribution >= 0.6 is 15.9 Å². The first-order valence-electron chi connectivity index (χ1n) is 5.42. The van der Waals surface area contributed by atoms with Crippen molar-refractivity contribution in [2.24, 2.45) is 0 Å². The van der Waals surface area contributed by atoms with Gasteiger partial charge in [-0.25, -0.2) is 0 Å². The molecule has 1 aliphatic rings. The summed E-state index contributed by atoms with van der Waals surface area (Å²) in [5.41, 5.74) is 4.25. The summed E-state index contributed by atoms with van der Waals surface area (Å²) < 4.78 is 0. The molecule has 0 amide bonds. The van der Waals surface area contributed by atoms with Crippen LogP contribution in [-0.2, 0) is 24.1 Å². The molecule has 1 aromatic rings. The first-order valence-corrected chi connectivity index (χ1v) is 6.33. The van der Waals surface area contributed by atoms with Gasteiger partial charge in [0.05, 0.1) is 4.83 Å². The minimum Gasteiger partial charge on any atom is -0.299 e. The van der Waals surface area contributed by atoms with Crippen molar-refractivity contribution in [1.29, 1.82) is 0 Å². The summed E-state index contributed by atoms with van der Waals surface area (Å²) in [4.78, 5) is 11.1. The van der Waals surface area contributed by atoms with Crippen LogP contribution in [0.15, 0.2) is 18.2 Å². The summed E-state index contributed by atoms with van der Waals surface area (Å²) in [5, 5.41) is 0. The third kappa shape index (κ3) is 2.49. The Morgan fingerprint density at radius 2 is 2.13 bits per heavy atom. The highest BCUT2D eigenvalue weighted by molar-refractivity contribution is 9.10. The highest BCUT2D eigenvalue weighted by Crippen LogP contribution is 2.24. The number of Topliss-reactive ketones (excluding diaryl/α,β-unsaturated/α-hetero) is 1. The van der Waals surface area contributed by atoms with Gasteiger partial charge in [-0.15, -0.1) is 0 Å². The van der Waals surface area contributed by atoms with Crippen molar-refractivity contribution in [3.8, 4) is 0 Å². The molecule has 80 valence electrons. The van der Waals surface area contributed by atoms with E-state index in [1.54, 1.807) is 6.92 Å². The number of rotatable bonds is 3. The topological polar surface area (TPSA) is 17.1 Å². The largest absolute Gasteiger partial charge is 0.299 e. The van der Waals surface area contributed by atoms with E-state index >= 15 is 0 Å². The number of halogens is 1. The number of hydrogen-bond donors (Lipinski definition) is 0. The van der Waals surface area contributed by atoms with E-state index in [4.69, 9.17) is 0 Å². The Kier molecular flexibility index (Phi) is 3.25. The average molecular weight is 267 g/mol. The second-order valence-electron chi connectivity index (χ2n) is 4.24. The molecule has 0 N–H and O–H groups in total. The van der Waals surface area contributed by atoms with E-state index < -0.39 is 0 Å². The molecule has 0 saturated heterocycles. The molecule has 0 aromatic heterocycles. The van der Waals surface area contributed by atoms with Crippen LogP contribution in [0.4, 0.5) is 0 Å². The third-order valence-electron chi connectivity index (χ3n) is 3.02. The van der Waals surface area contributed by atoms with Gasteiger partial charge < -0.3 is 0 Å². The van der Waals surface area contributed by atoms with Gasteiger partial charge in [0, 0.05) is 0 Å². The molecule has 0 saturated carbocycles. The van der Waals surface area contributed by atoms with Crippen molar-refractivity contribution in [3.63, 3.8) is 0 Å². The van der Waals surface area contributed by atoms with Crippen LogP contribution in [0.25, 0.3) is 0 Å². The number of carbonyl (C=O) groups excluding carboxylic acids is 1. The van der Waals surface area contributed by atoms with Crippen LogP contribution in [0.5, 0.6) is 0 Å². The van der Waals surface area contributed by atoms with Crippen LogP contribution in [0, 0.1) is 0 Å². The van der Waals surface area contributed by atoms with Crippen LogP contribution in [0.3, 0.4) is 0 Å². The molecular formula is C13H15BrO. The standard InChI is InChI=1S/C13H15BrO/c1-9(15)13(14)8-10-5-6-11-3-2-4-12(11)7-10/h5-7,13H,2-4,8H2,1H3. The van der Waals surface area contributed by atoms with Crippen molar-refractivity contribution in [2.45, 2.75) is 37.4 Å². The lowest BCUT2D eigenvalue weighted by Crippen LogP contribution is -2.12. The van der Waals surface area contributed by atoms with Crippen LogP contribution in [0.2, 0.25) is 0 Å². The van der Waals surface area contributed by atoms with E-state index in [-0.39, 0.29) is 10.6 Å². The Morgan fingerprint density at radius 3 is 2.87 bits per heavy atom. The zero-order valence-electron chi connectivity index (χ0n) is 8.92. The summed E-state index contributed by atoms with van der Waals surface area (Å²) in [5.74, 6) is 0.204. The van der Waals surface area contributed by atoms with Crippen LogP contribution < -0.4 is 0 Å². The number of fused-ring (bicyclic) bond motifs is 1. The number of hydrogen-bond acceptors (Lipinski definition) is 1. The predicted octanol–water partition coefficient (Wildman–Crippen LogP) is 3.07. The molecule has 0 radical (unpaired) electrons. The molecule has 0 aliphatic heterocycles. The molecule has 0 fully saturated rings. The fourth-order valence-electron chi connectivity index (χ4n) is 2.10. The molecule has 1 nitrogen and oxygen atoms in total. The van der Waals surface area contributed by atoms with E-state index in [9.17, 15) is 4.79 Å². The molecule has 2 heteroatoms. The molecule has 1 atom stereocenters. The van der Waals surface area contributed by atoms with E-state index in [2.05, 4.69) is 34.1 Å². The highest BCUT2D eigenvalue weighted by Gasteiger charge is 2.14. The number of aryl methyl sites for hydroxylation is 2. The van der Waals surface area contributed by atoms with Crippen LogP contribution in [-0.4, -0.2) is 10.6 Å². The first-order chi connectivity index (χ1) is 7.16. The zero-order chi connectivity index (χ0) is 10.8. The third-order valence-corrected chi connectivity index (χ3v) is 3.99. The van der Waals surface area contributed by atoms with Crippen molar-refractivity contribution in [3.05, 3.63) is 34.9 Å². The first kappa shape index (κ1) is 10.9. The van der Waals surface area contributed by atoms with E-state index in [0.29, 0.717) is 0 Å². The number of benzene rings is 1.